The molecule has 0 saturated carbocycles. The number of rotatable bonds is 7. The van der Waals surface area contributed by atoms with Gasteiger partial charge in [-0.15, -0.1) is 11.3 Å². The largest absolute Gasteiger partial charge is 1.00 e. The van der Waals surface area contributed by atoms with Gasteiger partial charge in [-0.05, 0) is 48.1 Å². The molecule has 1 aromatic heterocycles. The molecule has 0 unspecified atom stereocenters. The number of hydrogen-bond donors (Lipinski definition) is 0. The second kappa shape index (κ2) is 9.41. The molecule has 0 N–H and O–H groups in total. The molecule has 28 heavy (non-hydrogen) atoms. The van der Waals surface area contributed by atoms with Crippen LogP contribution >= 0.6 is 11.3 Å². The van der Waals surface area contributed by atoms with Gasteiger partial charge in [0, 0.05) is 11.2 Å². The van der Waals surface area contributed by atoms with Crippen molar-refractivity contribution in [2.45, 2.75) is 31.6 Å². The summed E-state index contributed by atoms with van der Waals surface area (Å²) in [5, 5.41) is 12.7. The van der Waals surface area contributed by atoms with Gasteiger partial charge in [0.25, 0.3) is 10.0 Å². The number of aromatic carboxylic acids is 1. The molecular formula is C20H20NNaO4S2. The number of fused-ring (bicyclic) bond motifs is 1. The van der Waals surface area contributed by atoms with Crippen molar-refractivity contribution in [3.05, 3.63) is 59.7 Å². The van der Waals surface area contributed by atoms with Gasteiger partial charge < -0.3 is 9.90 Å². The molecule has 0 aliphatic carbocycles. The first-order chi connectivity index (χ1) is 12.9. The topological polar surface area (TPSA) is 77.5 Å². The van der Waals surface area contributed by atoms with Crippen LogP contribution in [0.4, 0.5) is 5.00 Å². The summed E-state index contributed by atoms with van der Waals surface area (Å²) < 4.78 is 29.1. The van der Waals surface area contributed by atoms with Gasteiger partial charge in [0.15, 0.2) is 0 Å². The van der Waals surface area contributed by atoms with Crippen LogP contribution < -0.4 is 39.0 Å². The summed E-state index contributed by atoms with van der Waals surface area (Å²) in [7, 11) is -3.81. The van der Waals surface area contributed by atoms with E-state index in [2.05, 4.69) is 0 Å². The normalized spacial score (nSPS) is 11.2. The van der Waals surface area contributed by atoms with Crippen molar-refractivity contribution in [2.24, 2.45) is 0 Å². The van der Waals surface area contributed by atoms with Crippen molar-refractivity contribution in [3.63, 3.8) is 0 Å². The van der Waals surface area contributed by atoms with Gasteiger partial charge >= 0.3 is 29.6 Å². The third-order valence-electron chi connectivity index (χ3n) is 4.44. The van der Waals surface area contributed by atoms with Crippen molar-refractivity contribution >= 4 is 42.4 Å². The van der Waals surface area contributed by atoms with Gasteiger partial charge in [-0.2, -0.15) is 0 Å². The van der Waals surface area contributed by atoms with Crippen LogP contribution in [0, 0.1) is 6.92 Å². The number of unbranched alkanes of at least 4 members (excludes halogenated alkanes) is 1. The minimum Gasteiger partial charge on any atom is -0.545 e. The van der Waals surface area contributed by atoms with Crippen LogP contribution in [0.2, 0.25) is 0 Å². The Morgan fingerprint density at radius 2 is 1.75 bits per heavy atom. The van der Waals surface area contributed by atoms with E-state index in [4.69, 9.17) is 0 Å². The minimum atomic E-state index is -3.81. The first-order valence-corrected chi connectivity index (χ1v) is 10.9. The van der Waals surface area contributed by atoms with E-state index in [0.29, 0.717) is 11.5 Å². The SMILES string of the molecule is CCCCN(c1sc2ccccc2c1C)S(=O)(=O)c1ccc(C(=O)[O-])cc1.[Na+]. The number of hydrogen-bond acceptors (Lipinski definition) is 5. The zero-order chi connectivity index (χ0) is 19.6. The number of carboxylic acid groups (broad SMARTS) is 1. The molecule has 8 heteroatoms. The fourth-order valence-corrected chi connectivity index (χ4v) is 5.93. The van der Waals surface area contributed by atoms with Crippen molar-refractivity contribution in [1.29, 1.82) is 0 Å². The number of anilines is 1. The predicted octanol–water partition coefficient (Wildman–Crippen LogP) is 0.573. The number of carboxylic acids is 1. The predicted molar refractivity (Wildman–Crippen MR) is 107 cm³/mol. The fourth-order valence-electron chi connectivity index (χ4n) is 2.92. The number of aryl methyl sites for hydroxylation is 1. The minimum absolute atomic E-state index is 0. The molecule has 5 nitrogen and oxygen atoms in total. The number of carbonyl (C=O) groups excluding carboxylic acids is 1. The van der Waals surface area contributed by atoms with Crippen molar-refractivity contribution in [2.75, 3.05) is 10.8 Å². The summed E-state index contributed by atoms with van der Waals surface area (Å²) in [6, 6.07) is 13.0. The Labute approximate surface area is 191 Å². The molecular weight excluding hydrogens is 405 g/mol. The first kappa shape index (κ1) is 22.9. The third-order valence-corrected chi connectivity index (χ3v) is 7.66. The van der Waals surface area contributed by atoms with E-state index in [1.807, 2.05) is 38.1 Å². The molecule has 0 bridgehead atoms. The Bertz CT molecular complexity index is 1080. The molecule has 0 atom stereocenters. The average molecular weight is 426 g/mol. The summed E-state index contributed by atoms with van der Waals surface area (Å²) in [4.78, 5) is 11.0. The zero-order valence-corrected chi connectivity index (χ0v) is 19.8. The van der Waals surface area contributed by atoms with E-state index in [-0.39, 0.29) is 40.0 Å². The van der Waals surface area contributed by atoms with Crippen molar-refractivity contribution < 1.29 is 47.9 Å². The molecule has 0 amide bonds. The second-order valence-corrected chi connectivity index (χ2v) is 9.16. The molecule has 2 aromatic carbocycles. The van der Waals surface area contributed by atoms with Crippen LogP contribution in [0.1, 0.15) is 35.7 Å². The second-order valence-electron chi connectivity index (χ2n) is 6.27. The van der Waals surface area contributed by atoms with E-state index in [9.17, 15) is 18.3 Å². The van der Waals surface area contributed by atoms with Crippen LogP contribution in [0.5, 0.6) is 0 Å². The van der Waals surface area contributed by atoms with E-state index < -0.39 is 16.0 Å². The summed E-state index contributed by atoms with van der Waals surface area (Å²) in [6.45, 7) is 4.31. The van der Waals surface area contributed by atoms with Gasteiger partial charge in [0.1, 0.15) is 5.00 Å². The Morgan fingerprint density at radius 3 is 2.32 bits per heavy atom. The molecule has 3 rings (SSSR count). The molecule has 0 radical (unpaired) electrons. The van der Waals surface area contributed by atoms with Gasteiger partial charge in [-0.1, -0.05) is 43.7 Å². The molecule has 0 fully saturated rings. The summed E-state index contributed by atoms with van der Waals surface area (Å²) >= 11 is 1.45. The third kappa shape index (κ3) is 4.44. The molecule has 3 aromatic rings. The van der Waals surface area contributed by atoms with Gasteiger partial charge in [0.2, 0.25) is 0 Å². The molecule has 0 aliphatic heterocycles. The Kier molecular flexibility index (Phi) is 7.70. The molecule has 1 heterocycles. The summed E-state index contributed by atoms with van der Waals surface area (Å²) in [5.74, 6) is -1.33. The Hall–Kier alpha value is -1.38. The van der Waals surface area contributed by atoms with Crippen LogP contribution in [0.25, 0.3) is 10.1 Å². The van der Waals surface area contributed by atoms with Crippen LogP contribution in [0.15, 0.2) is 53.4 Å². The quantitative estimate of drug-likeness (QED) is 0.519. The first-order valence-electron chi connectivity index (χ1n) is 8.68. The molecule has 0 spiro atoms. The standard InChI is InChI=1S/C20H21NO4S2.Na/c1-3-4-13-21(19-14(2)17-7-5-6-8-18(17)26-19)27(24,25)16-11-9-15(10-12-16)20(22)23;/h5-12H,3-4,13H2,1-2H3,(H,22,23);/q;+1/p-1. The van der Waals surface area contributed by atoms with Crippen LogP contribution in [0.3, 0.4) is 0 Å². The van der Waals surface area contributed by atoms with Crippen LogP contribution in [-0.2, 0) is 10.0 Å². The maximum atomic E-state index is 13.3. The molecule has 142 valence electrons. The fraction of sp³-hybridized carbons (Fsp3) is 0.250. The Balaban J connectivity index is 0.00000280. The van der Waals surface area contributed by atoms with E-state index >= 15 is 0 Å². The Morgan fingerprint density at radius 1 is 1.11 bits per heavy atom. The summed E-state index contributed by atoms with van der Waals surface area (Å²) in [5.41, 5.74) is 0.883. The number of thiophene rings is 1. The molecule has 0 aliphatic rings. The smallest absolute Gasteiger partial charge is 0.545 e. The van der Waals surface area contributed by atoms with Crippen LogP contribution in [-0.4, -0.2) is 20.9 Å². The number of nitrogens with zero attached hydrogens (tertiary/aromatic N) is 1. The zero-order valence-electron chi connectivity index (χ0n) is 16.1. The monoisotopic (exact) mass is 425 g/mol. The summed E-state index contributed by atoms with van der Waals surface area (Å²) in [6.07, 6.45) is 1.59. The van der Waals surface area contributed by atoms with E-state index in [0.717, 1.165) is 28.5 Å². The van der Waals surface area contributed by atoms with Gasteiger partial charge in [-0.25, -0.2) is 8.42 Å². The van der Waals surface area contributed by atoms with E-state index in [1.165, 1.54) is 39.9 Å². The van der Waals surface area contributed by atoms with E-state index in [1.54, 1.807) is 0 Å². The number of carbonyl (C=O) groups is 1. The maximum Gasteiger partial charge on any atom is 1.00 e. The van der Waals surface area contributed by atoms with Gasteiger partial charge in [0.05, 0.1) is 10.9 Å². The van der Waals surface area contributed by atoms with Crippen molar-refractivity contribution in [1.82, 2.24) is 0 Å². The number of sulfonamides is 1. The average Bonchev–Trinajstić information content (AvgIpc) is 2.99. The number of benzene rings is 2. The van der Waals surface area contributed by atoms with Crippen molar-refractivity contribution in [3.8, 4) is 0 Å². The molecule has 0 saturated heterocycles. The van der Waals surface area contributed by atoms with Gasteiger partial charge in [-0.3, -0.25) is 4.31 Å². The maximum absolute atomic E-state index is 13.3.